The molecule has 0 spiro atoms. The lowest BCUT2D eigenvalue weighted by molar-refractivity contribution is 0.0828. The maximum absolute atomic E-state index is 13.0. The molecule has 0 aliphatic heterocycles. The molecule has 3 aromatic rings. The second-order valence-electron chi connectivity index (χ2n) is 6.96. The van der Waals surface area contributed by atoms with Crippen LogP contribution in [0.3, 0.4) is 0 Å². The molecule has 1 heterocycles. The highest BCUT2D eigenvalue weighted by molar-refractivity contribution is 7.71. The van der Waals surface area contributed by atoms with Crippen molar-refractivity contribution in [3.8, 4) is 11.5 Å². The number of hydrogen-bond donors (Lipinski definition) is 2. The number of amides is 2. The van der Waals surface area contributed by atoms with Crippen molar-refractivity contribution in [2.75, 3.05) is 33.6 Å². The number of aromatic amines is 1. The van der Waals surface area contributed by atoms with Crippen LogP contribution in [0.4, 0.5) is 5.69 Å². The Morgan fingerprint density at radius 3 is 2.35 bits per heavy atom. The molecule has 0 atom stereocenters. The first kappa shape index (κ1) is 22.0. The van der Waals surface area contributed by atoms with Crippen molar-refractivity contribution in [1.29, 1.82) is 0 Å². The van der Waals surface area contributed by atoms with Crippen molar-refractivity contribution in [3.63, 3.8) is 0 Å². The second-order valence-corrected chi connectivity index (χ2v) is 7.35. The van der Waals surface area contributed by atoms with Crippen molar-refractivity contribution in [2.45, 2.75) is 0 Å². The Kier molecular flexibility index (Phi) is 6.11. The average Bonchev–Trinajstić information content (AvgIpc) is 2.76. The molecule has 2 amide bonds. The standard InChI is InChI=1S/C21H22N4O5S/c1-24(2)19(27)13-9-16(29-4)17(30-5)10-15(13)22-18(26)11-6-7-12-14(8-11)23-21(31)25(3)20(12)28/h6-10H,1-5H3,(H,22,26)(H,23,31). The predicted molar refractivity (Wildman–Crippen MR) is 120 cm³/mol. The van der Waals surface area contributed by atoms with Crippen LogP contribution in [0, 0.1) is 4.77 Å². The summed E-state index contributed by atoms with van der Waals surface area (Å²) in [4.78, 5) is 42.3. The molecule has 9 nitrogen and oxygen atoms in total. The molecular weight excluding hydrogens is 420 g/mol. The van der Waals surface area contributed by atoms with Crippen LogP contribution < -0.4 is 20.3 Å². The molecule has 0 bridgehead atoms. The third-order valence-electron chi connectivity index (χ3n) is 4.77. The molecule has 0 unspecified atom stereocenters. The summed E-state index contributed by atoms with van der Waals surface area (Å²) in [5.74, 6) is -0.0664. The number of benzene rings is 2. The number of anilines is 1. The predicted octanol–water partition coefficient (Wildman–Crippen LogP) is 2.57. The van der Waals surface area contributed by atoms with E-state index in [1.165, 1.54) is 48.0 Å². The number of rotatable bonds is 5. The van der Waals surface area contributed by atoms with E-state index in [1.54, 1.807) is 27.2 Å². The molecular formula is C21H22N4O5S. The van der Waals surface area contributed by atoms with Crippen LogP contribution in [0.25, 0.3) is 10.9 Å². The molecule has 2 aromatic carbocycles. The van der Waals surface area contributed by atoms with Gasteiger partial charge in [0.2, 0.25) is 0 Å². The normalized spacial score (nSPS) is 10.6. The fourth-order valence-corrected chi connectivity index (χ4v) is 3.23. The molecule has 1 aromatic heterocycles. The summed E-state index contributed by atoms with van der Waals surface area (Å²) in [5, 5.41) is 3.15. The average molecular weight is 442 g/mol. The first-order chi connectivity index (χ1) is 14.7. The monoisotopic (exact) mass is 442 g/mol. The van der Waals surface area contributed by atoms with Crippen LogP contribution in [0.1, 0.15) is 20.7 Å². The second kappa shape index (κ2) is 8.60. The fourth-order valence-electron chi connectivity index (χ4n) is 3.04. The topological polar surface area (TPSA) is 106 Å². The first-order valence-electron chi connectivity index (χ1n) is 9.20. The van der Waals surface area contributed by atoms with E-state index in [4.69, 9.17) is 21.7 Å². The lowest BCUT2D eigenvalue weighted by Crippen LogP contribution is -2.24. The van der Waals surface area contributed by atoms with Crippen LogP contribution in [0.5, 0.6) is 11.5 Å². The molecule has 162 valence electrons. The van der Waals surface area contributed by atoms with Crippen LogP contribution >= 0.6 is 12.2 Å². The zero-order chi connectivity index (χ0) is 22.9. The lowest BCUT2D eigenvalue weighted by Gasteiger charge is -2.18. The third-order valence-corrected chi connectivity index (χ3v) is 5.15. The minimum atomic E-state index is -0.470. The third kappa shape index (κ3) is 4.15. The van der Waals surface area contributed by atoms with Gasteiger partial charge in [-0.1, -0.05) is 0 Å². The molecule has 31 heavy (non-hydrogen) atoms. The summed E-state index contributed by atoms with van der Waals surface area (Å²) in [5.41, 5.74) is 0.968. The van der Waals surface area contributed by atoms with Crippen molar-refractivity contribution < 1.29 is 19.1 Å². The van der Waals surface area contributed by atoms with Crippen LogP contribution in [0.15, 0.2) is 35.1 Å². The Labute approximate surface area is 183 Å². The van der Waals surface area contributed by atoms with Gasteiger partial charge in [-0.2, -0.15) is 0 Å². The van der Waals surface area contributed by atoms with E-state index in [1.807, 2.05) is 0 Å². The number of H-pyrrole nitrogens is 1. The minimum absolute atomic E-state index is 0.241. The summed E-state index contributed by atoms with van der Waals surface area (Å²) in [7, 11) is 7.71. The number of hydrogen-bond acceptors (Lipinski definition) is 6. The number of aromatic nitrogens is 2. The largest absolute Gasteiger partial charge is 0.493 e. The zero-order valence-electron chi connectivity index (χ0n) is 17.7. The molecule has 2 N–H and O–H groups in total. The highest BCUT2D eigenvalue weighted by Crippen LogP contribution is 2.34. The Bertz CT molecular complexity index is 1310. The number of ether oxygens (including phenoxy) is 2. The SMILES string of the molecule is COc1cc(NC(=O)c2ccc3c(=O)n(C)c(=S)[nH]c3c2)c(C(=O)N(C)C)cc1OC. The smallest absolute Gasteiger partial charge is 0.261 e. The summed E-state index contributed by atoms with van der Waals surface area (Å²) in [6.45, 7) is 0. The van der Waals surface area contributed by atoms with Crippen molar-refractivity contribution in [3.05, 3.63) is 56.6 Å². The van der Waals surface area contributed by atoms with Crippen LogP contribution in [-0.2, 0) is 7.05 Å². The maximum Gasteiger partial charge on any atom is 0.261 e. The zero-order valence-corrected chi connectivity index (χ0v) is 18.5. The molecule has 10 heteroatoms. The van der Waals surface area contributed by atoms with Crippen molar-refractivity contribution in [1.82, 2.24) is 14.5 Å². The Morgan fingerprint density at radius 1 is 1.10 bits per heavy atom. The van der Waals surface area contributed by atoms with Gasteiger partial charge in [0, 0.05) is 32.8 Å². The number of nitrogens with one attached hydrogen (secondary N) is 2. The van der Waals surface area contributed by atoms with Crippen molar-refractivity contribution >= 4 is 40.6 Å². The van der Waals surface area contributed by atoms with Gasteiger partial charge in [0.05, 0.1) is 36.4 Å². The van der Waals surface area contributed by atoms with Gasteiger partial charge >= 0.3 is 0 Å². The molecule has 0 saturated heterocycles. The van der Waals surface area contributed by atoms with Crippen LogP contribution in [0.2, 0.25) is 0 Å². The van der Waals surface area contributed by atoms with E-state index < -0.39 is 5.91 Å². The first-order valence-corrected chi connectivity index (χ1v) is 9.60. The number of carbonyl (C=O) groups is 2. The molecule has 0 aliphatic carbocycles. The lowest BCUT2D eigenvalue weighted by atomic mass is 10.1. The van der Waals surface area contributed by atoms with Gasteiger partial charge < -0.3 is 24.7 Å². The minimum Gasteiger partial charge on any atom is -0.493 e. The summed E-state index contributed by atoms with van der Waals surface area (Å²) < 4.78 is 12.1. The van der Waals surface area contributed by atoms with Gasteiger partial charge in [0.25, 0.3) is 17.4 Å². The van der Waals surface area contributed by atoms with Gasteiger partial charge in [-0.15, -0.1) is 0 Å². The molecule has 0 saturated carbocycles. The van der Waals surface area contributed by atoms with Gasteiger partial charge in [-0.25, -0.2) is 0 Å². The van der Waals surface area contributed by atoms with Gasteiger partial charge in [-0.05, 0) is 36.5 Å². The van der Waals surface area contributed by atoms with E-state index in [9.17, 15) is 14.4 Å². The number of carbonyl (C=O) groups excluding carboxylic acids is 2. The fraction of sp³-hybridized carbons (Fsp3) is 0.238. The molecule has 0 aliphatic rings. The molecule has 3 rings (SSSR count). The summed E-state index contributed by atoms with van der Waals surface area (Å²) in [6, 6.07) is 7.66. The van der Waals surface area contributed by atoms with E-state index in [0.717, 1.165) is 0 Å². The van der Waals surface area contributed by atoms with Crippen molar-refractivity contribution in [2.24, 2.45) is 7.05 Å². The maximum atomic E-state index is 13.0. The van der Waals surface area contributed by atoms with Gasteiger partial charge in [-0.3, -0.25) is 19.0 Å². The van der Waals surface area contributed by atoms with Gasteiger partial charge in [0.15, 0.2) is 16.3 Å². The summed E-state index contributed by atoms with van der Waals surface area (Å²) in [6.07, 6.45) is 0. The summed E-state index contributed by atoms with van der Waals surface area (Å²) >= 11 is 5.14. The van der Waals surface area contributed by atoms with E-state index in [-0.39, 0.29) is 33.1 Å². The number of nitrogens with zero attached hydrogens (tertiary/aromatic N) is 2. The highest BCUT2D eigenvalue weighted by Gasteiger charge is 2.20. The van der Waals surface area contributed by atoms with Gasteiger partial charge in [0.1, 0.15) is 0 Å². The Hall–Kier alpha value is -3.66. The Morgan fingerprint density at radius 2 is 1.74 bits per heavy atom. The molecule has 0 fully saturated rings. The number of methoxy groups -OCH3 is 2. The van der Waals surface area contributed by atoms with Crippen LogP contribution in [-0.4, -0.2) is 54.6 Å². The highest BCUT2D eigenvalue weighted by atomic mass is 32.1. The van der Waals surface area contributed by atoms with E-state index in [2.05, 4.69) is 10.3 Å². The molecule has 0 radical (unpaired) electrons. The van der Waals surface area contributed by atoms with E-state index in [0.29, 0.717) is 22.4 Å². The van der Waals surface area contributed by atoms with E-state index >= 15 is 0 Å². The quantitative estimate of drug-likeness (QED) is 0.589. The Balaban J connectivity index is 2.06. The number of fused-ring (bicyclic) bond motifs is 1.